The fraction of sp³-hybridized carbons (Fsp3) is 0.333. The average molecular weight is 551 g/mol. The minimum absolute atomic E-state index is 0.000663. The molecule has 0 saturated carbocycles. The third-order valence-corrected chi connectivity index (χ3v) is 8.16. The van der Waals surface area contributed by atoms with E-state index in [1.165, 1.54) is 10.9 Å². The van der Waals surface area contributed by atoms with Gasteiger partial charge in [0.25, 0.3) is 0 Å². The molecule has 4 aromatic rings. The van der Waals surface area contributed by atoms with Crippen LogP contribution in [0.25, 0.3) is 10.9 Å². The van der Waals surface area contributed by atoms with Crippen LogP contribution in [0.4, 0.5) is 0 Å². The van der Waals surface area contributed by atoms with Crippen molar-refractivity contribution < 1.29 is 9.53 Å². The van der Waals surface area contributed by atoms with Crippen molar-refractivity contribution in [2.45, 2.75) is 56.9 Å². The molecule has 3 heterocycles. The zero-order valence-corrected chi connectivity index (χ0v) is 23.5. The number of benzene rings is 3. The molecule has 41 heavy (non-hydrogen) atoms. The minimum atomic E-state index is -0.295. The van der Waals surface area contributed by atoms with E-state index >= 15 is 0 Å². The molecular formula is C33H38N6O2. The number of nitrogens with zero attached hydrogens (tertiary/aromatic N) is 2. The fourth-order valence-electron chi connectivity index (χ4n) is 5.91. The maximum absolute atomic E-state index is 13.4. The third kappa shape index (κ3) is 6.23. The Kier molecular flexibility index (Phi) is 8.18. The van der Waals surface area contributed by atoms with Gasteiger partial charge in [-0.15, -0.1) is 0 Å². The molecule has 0 radical (unpaired) electrons. The van der Waals surface area contributed by atoms with E-state index in [1.54, 1.807) is 7.11 Å². The highest BCUT2D eigenvalue weighted by molar-refractivity contribution is 5.95. The van der Waals surface area contributed by atoms with Gasteiger partial charge in [-0.3, -0.25) is 10.2 Å². The summed E-state index contributed by atoms with van der Waals surface area (Å²) in [6, 6.07) is 26.6. The summed E-state index contributed by atoms with van der Waals surface area (Å²) in [7, 11) is 1.68. The maximum atomic E-state index is 13.4. The molecule has 0 spiro atoms. The fourth-order valence-corrected chi connectivity index (χ4v) is 5.91. The van der Waals surface area contributed by atoms with Crippen molar-refractivity contribution in [3.05, 3.63) is 102 Å². The lowest BCUT2D eigenvalue weighted by Gasteiger charge is -2.31. The summed E-state index contributed by atoms with van der Waals surface area (Å²) in [5.41, 5.74) is 8.12. The van der Waals surface area contributed by atoms with Crippen LogP contribution < -0.4 is 20.8 Å². The Morgan fingerprint density at radius 1 is 1.05 bits per heavy atom. The van der Waals surface area contributed by atoms with Crippen LogP contribution in [0.1, 0.15) is 36.0 Å². The second-order valence-corrected chi connectivity index (χ2v) is 10.9. The van der Waals surface area contributed by atoms with Gasteiger partial charge in [0.1, 0.15) is 17.8 Å². The number of rotatable bonds is 11. The number of hydrogen-bond acceptors (Lipinski definition) is 6. The number of ether oxygens (including phenoxy) is 1. The monoisotopic (exact) mass is 550 g/mol. The Labute approximate surface area is 241 Å². The Bertz CT molecular complexity index is 1480. The Balaban J connectivity index is 1.29. The number of aryl methyl sites for hydroxylation is 1. The molecular weight excluding hydrogens is 512 g/mol. The third-order valence-electron chi connectivity index (χ3n) is 8.16. The zero-order valence-electron chi connectivity index (χ0n) is 23.5. The molecule has 1 amide bonds. The maximum Gasteiger partial charge on any atom is 0.237 e. The topological polar surface area (TPSA) is 93.8 Å². The number of fused-ring (bicyclic) bond motifs is 1. The van der Waals surface area contributed by atoms with Crippen LogP contribution in [0.15, 0.2) is 90.2 Å². The van der Waals surface area contributed by atoms with Crippen molar-refractivity contribution in [1.29, 1.82) is 0 Å². The van der Waals surface area contributed by atoms with Gasteiger partial charge in [0.2, 0.25) is 5.91 Å². The summed E-state index contributed by atoms with van der Waals surface area (Å²) < 4.78 is 5.39. The number of amides is 1. The molecule has 1 saturated heterocycles. The lowest BCUT2D eigenvalue weighted by molar-refractivity contribution is -0.123. The van der Waals surface area contributed by atoms with Gasteiger partial charge in [0, 0.05) is 30.1 Å². The van der Waals surface area contributed by atoms with E-state index in [0.717, 1.165) is 60.5 Å². The number of para-hydroxylation sites is 1. The molecule has 212 valence electrons. The van der Waals surface area contributed by atoms with Crippen LogP contribution in [0, 0.1) is 0 Å². The van der Waals surface area contributed by atoms with E-state index in [-0.39, 0.29) is 24.2 Å². The molecule has 0 aliphatic carbocycles. The highest BCUT2D eigenvalue weighted by Gasteiger charge is 2.35. The molecule has 1 aromatic heterocycles. The second-order valence-electron chi connectivity index (χ2n) is 10.9. The van der Waals surface area contributed by atoms with Gasteiger partial charge < -0.3 is 25.3 Å². The molecule has 6 rings (SSSR count). The highest BCUT2D eigenvalue weighted by Crippen LogP contribution is 2.24. The van der Waals surface area contributed by atoms with E-state index in [0.29, 0.717) is 13.0 Å². The first-order valence-electron chi connectivity index (χ1n) is 14.5. The van der Waals surface area contributed by atoms with Crippen LogP contribution in [0.2, 0.25) is 0 Å². The predicted molar refractivity (Wildman–Crippen MR) is 163 cm³/mol. The molecule has 8 heteroatoms. The van der Waals surface area contributed by atoms with Crippen molar-refractivity contribution in [2.75, 3.05) is 13.7 Å². The lowest BCUT2D eigenvalue weighted by Crippen LogP contribution is -2.53. The molecule has 1 fully saturated rings. The zero-order chi connectivity index (χ0) is 28.0. The lowest BCUT2D eigenvalue weighted by atomic mass is 10.0. The van der Waals surface area contributed by atoms with Crippen molar-refractivity contribution in [3.8, 4) is 5.75 Å². The van der Waals surface area contributed by atoms with Gasteiger partial charge in [0.05, 0.1) is 19.2 Å². The summed E-state index contributed by atoms with van der Waals surface area (Å²) in [6.45, 7) is 1.54. The Morgan fingerprint density at radius 2 is 1.85 bits per heavy atom. The first-order chi connectivity index (χ1) is 20.2. The van der Waals surface area contributed by atoms with E-state index in [9.17, 15) is 4.79 Å². The summed E-state index contributed by atoms with van der Waals surface area (Å²) >= 11 is 0. The summed E-state index contributed by atoms with van der Waals surface area (Å²) in [4.78, 5) is 19.2. The van der Waals surface area contributed by atoms with Gasteiger partial charge >= 0.3 is 0 Å². The van der Waals surface area contributed by atoms with Crippen molar-refractivity contribution in [2.24, 2.45) is 5.10 Å². The van der Waals surface area contributed by atoms with Crippen LogP contribution in [0.5, 0.6) is 5.75 Å². The first-order valence-corrected chi connectivity index (χ1v) is 14.5. The van der Waals surface area contributed by atoms with Crippen molar-refractivity contribution >= 4 is 22.6 Å². The van der Waals surface area contributed by atoms with Crippen LogP contribution >= 0.6 is 0 Å². The van der Waals surface area contributed by atoms with Crippen LogP contribution in [0.3, 0.4) is 0 Å². The van der Waals surface area contributed by atoms with Crippen molar-refractivity contribution in [3.63, 3.8) is 0 Å². The minimum Gasteiger partial charge on any atom is -0.497 e. The van der Waals surface area contributed by atoms with Crippen LogP contribution in [-0.4, -0.2) is 53.5 Å². The number of nitrogens with one attached hydrogen (secondary N) is 4. The van der Waals surface area contributed by atoms with Gasteiger partial charge in [-0.05, 0) is 67.1 Å². The molecule has 8 nitrogen and oxygen atoms in total. The highest BCUT2D eigenvalue weighted by atomic mass is 16.5. The standard InChI is InChI=1S/C33H38N6O2/c1-41-26-16-13-24(14-17-26)22-39-31(18-15-23-8-3-2-4-9-23)37-38-32(39)30(36-33(40)29-12-7-19-34-29)20-25-21-35-28-11-6-5-10-27(25)28/h2-6,8-11,13-14,16-17,21,29-31,34-35,37H,7,12,15,18-20,22H2,1H3,(H,36,40)/t29-,30+,31?/m0/s1. The summed E-state index contributed by atoms with van der Waals surface area (Å²) in [5, 5.41) is 12.8. The van der Waals surface area contributed by atoms with Gasteiger partial charge in [-0.25, -0.2) is 0 Å². The number of carbonyl (C=O) groups is 1. The predicted octanol–water partition coefficient (Wildman–Crippen LogP) is 4.33. The molecule has 2 aliphatic rings. The summed E-state index contributed by atoms with van der Waals surface area (Å²) in [5.74, 6) is 1.72. The van der Waals surface area contributed by atoms with Gasteiger partial charge in [0.15, 0.2) is 0 Å². The number of aromatic amines is 1. The van der Waals surface area contributed by atoms with Crippen LogP contribution in [-0.2, 0) is 24.2 Å². The number of hydrazone groups is 1. The number of carbonyl (C=O) groups excluding carboxylic acids is 1. The van der Waals surface area contributed by atoms with Gasteiger partial charge in [-0.2, -0.15) is 5.10 Å². The van der Waals surface area contributed by atoms with Crippen molar-refractivity contribution in [1.82, 2.24) is 25.9 Å². The largest absolute Gasteiger partial charge is 0.497 e. The molecule has 1 unspecified atom stereocenters. The number of methoxy groups -OCH3 is 1. The molecule has 4 N–H and O–H groups in total. The quantitative estimate of drug-likeness (QED) is 0.223. The number of hydrogen-bond donors (Lipinski definition) is 4. The normalized spacial score (nSPS) is 19.1. The van der Waals surface area contributed by atoms with E-state index in [2.05, 4.69) is 86.7 Å². The first kappa shape index (κ1) is 26.9. The Hall–Kier alpha value is -4.30. The summed E-state index contributed by atoms with van der Waals surface area (Å²) in [6.07, 6.45) is 6.36. The number of amidine groups is 1. The van der Waals surface area contributed by atoms with E-state index in [4.69, 9.17) is 9.84 Å². The smallest absolute Gasteiger partial charge is 0.237 e. The second kappa shape index (κ2) is 12.5. The molecule has 2 aliphatic heterocycles. The average Bonchev–Trinajstić information content (AvgIpc) is 3.78. The Morgan fingerprint density at radius 3 is 2.63 bits per heavy atom. The molecule has 3 atom stereocenters. The van der Waals surface area contributed by atoms with E-state index < -0.39 is 0 Å². The van der Waals surface area contributed by atoms with Gasteiger partial charge in [-0.1, -0.05) is 60.7 Å². The molecule has 0 bridgehead atoms. The number of H-pyrrole nitrogens is 1. The van der Waals surface area contributed by atoms with E-state index in [1.807, 2.05) is 24.3 Å². The number of aromatic nitrogens is 1. The molecule has 3 aromatic carbocycles. The SMILES string of the molecule is COc1ccc(CN2C([C@@H](Cc3c[nH]c4ccccc34)NC(=O)[C@@H]3CCCN3)=NNC2CCc2ccccc2)cc1.